The molecule has 0 bridgehead atoms. The van der Waals surface area contributed by atoms with Crippen molar-refractivity contribution >= 4 is 0 Å². The maximum Gasteiger partial charge on any atom is 0.192 e. The van der Waals surface area contributed by atoms with E-state index in [1.54, 1.807) is 12.1 Å². The van der Waals surface area contributed by atoms with Crippen molar-refractivity contribution in [2.24, 2.45) is 0 Å². The number of aliphatic hydroxyl groups is 4. The highest BCUT2D eigenvalue weighted by Crippen LogP contribution is 2.31. The van der Waals surface area contributed by atoms with Gasteiger partial charge in [-0.25, -0.2) is 0 Å². The van der Waals surface area contributed by atoms with Crippen LogP contribution in [0.25, 0.3) is 0 Å². The van der Waals surface area contributed by atoms with E-state index in [1.165, 1.54) is 0 Å². The smallest absolute Gasteiger partial charge is 0.192 e. The third-order valence-corrected chi connectivity index (χ3v) is 4.32. The summed E-state index contributed by atoms with van der Waals surface area (Å²) < 4.78 is 21.7. The molecule has 2 heterocycles. The van der Waals surface area contributed by atoms with Gasteiger partial charge in [0.25, 0.3) is 0 Å². The Kier molecular flexibility index (Phi) is 5.07. The fourth-order valence-corrected chi connectivity index (χ4v) is 2.78. The Morgan fingerprint density at radius 3 is 2.25 bits per heavy atom. The van der Waals surface area contributed by atoms with Gasteiger partial charge in [-0.2, -0.15) is 0 Å². The molecule has 0 saturated carbocycles. The minimum absolute atomic E-state index is 0.0916. The summed E-state index contributed by atoms with van der Waals surface area (Å²) in [6.07, 6.45) is -6.95. The molecule has 134 valence electrons. The standard InChI is InChI=1S/C16H22O8/c1-16(22-6-7-23-16)9-2-4-10(5-3-9)21-8-11-12(17)13(18)14(19)15(20)24-11/h2-5,11-15,17-20H,6-8H2,1H3/t11-,12+,13+,14-,15-/m0/s1. The van der Waals surface area contributed by atoms with E-state index in [1.807, 2.05) is 19.1 Å². The number of aliphatic hydroxyl groups excluding tert-OH is 4. The molecule has 0 aromatic heterocycles. The molecule has 3 rings (SSSR count). The average molecular weight is 342 g/mol. The Morgan fingerprint density at radius 1 is 1.00 bits per heavy atom. The van der Waals surface area contributed by atoms with Gasteiger partial charge in [0.15, 0.2) is 12.1 Å². The summed E-state index contributed by atoms with van der Waals surface area (Å²) in [5.41, 5.74) is 0.857. The van der Waals surface area contributed by atoms with Gasteiger partial charge in [-0.05, 0) is 31.2 Å². The maximum atomic E-state index is 9.87. The number of hydrogen-bond donors (Lipinski definition) is 4. The van der Waals surface area contributed by atoms with Crippen LogP contribution in [-0.4, -0.2) is 71.0 Å². The van der Waals surface area contributed by atoms with Crippen LogP contribution in [-0.2, 0) is 20.0 Å². The Hall–Kier alpha value is -1.26. The van der Waals surface area contributed by atoms with Gasteiger partial charge in [0.1, 0.15) is 36.8 Å². The lowest BCUT2D eigenvalue weighted by atomic mass is 9.99. The van der Waals surface area contributed by atoms with Gasteiger partial charge in [-0.1, -0.05) is 0 Å². The Bertz CT molecular complexity index is 542. The first kappa shape index (κ1) is 17.6. The predicted molar refractivity (Wildman–Crippen MR) is 80.1 cm³/mol. The van der Waals surface area contributed by atoms with Crippen molar-refractivity contribution in [3.63, 3.8) is 0 Å². The topological polar surface area (TPSA) is 118 Å². The second-order valence-electron chi connectivity index (χ2n) is 6.01. The molecular weight excluding hydrogens is 320 g/mol. The first-order chi connectivity index (χ1) is 11.4. The maximum absolute atomic E-state index is 9.87. The molecule has 5 atom stereocenters. The lowest BCUT2D eigenvalue weighted by molar-refractivity contribution is -0.285. The van der Waals surface area contributed by atoms with E-state index in [0.29, 0.717) is 19.0 Å². The second-order valence-corrected chi connectivity index (χ2v) is 6.01. The fourth-order valence-electron chi connectivity index (χ4n) is 2.78. The molecule has 0 radical (unpaired) electrons. The molecule has 0 spiro atoms. The first-order valence-electron chi connectivity index (χ1n) is 7.80. The number of hydrogen-bond acceptors (Lipinski definition) is 8. The lowest BCUT2D eigenvalue weighted by Crippen LogP contribution is -2.58. The van der Waals surface area contributed by atoms with Crippen LogP contribution in [0.5, 0.6) is 5.75 Å². The van der Waals surface area contributed by atoms with Crippen molar-refractivity contribution in [1.82, 2.24) is 0 Å². The molecule has 4 N–H and O–H groups in total. The number of benzene rings is 1. The molecule has 1 aromatic rings. The number of rotatable bonds is 4. The molecule has 0 unspecified atom stereocenters. The molecule has 8 heteroatoms. The Morgan fingerprint density at radius 2 is 1.62 bits per heavy atom. The van der Waals surface area contributed by atoms with Crippen molar-refractivity contribution in [3.8, 4) is 5.75 Å². The third kappa shape index (κ3) is 3.40. The van der Waals surface area contributed by atoms with E-state index in [9.17, 15) is 20.4 Å². The molecule has 2 saturated heterocycles. The van der Waals surface area contributed by atoms with Crippen LogP contribution < -0.4 is 4.74 Å². The molecule has 0 aliphatic carbocycles. The summed E-state index contributed by atoms with van der Waals surface area (Å²) in [7, 11) is 0. The zero-order valence-corrected chi connectivity index (χ0v) is 13.2. The summed E-state index contributed by atoms with van der Waals surface area (Å²) in [6, 6.07) is 7.07. The van der Waals surface area contributed by atoms with Crippen LogP contribution in [0.4, 0.5) is 0 Å². The van der Waals surface area contributed by atoms with E-state index in [-0.39, 0.29) is 6.61 Å². The summed E-state index contributed by atoms with van der Waals surface area (Å²) in [5, 5.41) is 38.4. The van der Waals surface area contributed by atoms with Gasteiger partial charge in [-0.3, -0.25) is 0 Å². The highest BCUT2D eigenvalue weighted by molar-refractivity contribution is 5.30. The summed E-state index contributed by atoms with van der Waals surface area (Å²) in [4.78, 5) is 0. The highest BCUT2D eigenvalue weighted by Gasteiger charge is 2.43. The van der Waals surface area contributed by atoms with Crippen LogP contribution >= 0.6 is 0 Å². The molecule has 24 heavy (non-hydrogen) atoms. The van der Waals surface area contributed by atoms with Crippen LogP contribution in [0.15, 0.2) is 24.3 Å². The quantitative estimate of drug-likeness (QED) is 0.555. The van der Waals surface area contributed by atoms with E-state index >= 15 is 0 Å². The zero-order chi connectivity index (χ0) is 17.3. The Labute approximate surface area is 139 Å². The van der Waals surface area contributed by atoms with Crippen LogP contribution in [0.1, 0.15) is 12.5 Å². The number of ether oxygens (including phenoxy) is 4. The normalized spacial score (nSPS) is 35.8. The molecule has 2 aliphatic heterocycles. The van der Waals surface area contributed by atoms with Crippen LogP contribution in [0.3, 0.4) is 0 Å². The van der Waals surface area contributed by atoms with E-state index in [0.717, 1.165) is 5.56 Å². The minimum Gasteiger partial charge on any atom is -0.491 e. The van der Waals surface area contributed by atoms with Gasteiger partial charge < -0.3 is 39.4 Å². The Balaban J connectivity index is 1.59. The minimum atomic E-state index is -1.57. The van der Waals surface area contributed by atoms with Gasteiger partial charge in [0, 0.05) is 5.56 Å². The van der Waals surface area contributed by atoms with E-state index < -0.39 is 36.5 Å². The molecule has 8 nitrogen and oxygen atoms in total. The lowest BCUT2D eigenvalue weighted by Gasteiger charge is -2.38. The highest BCUT2D eigenvalue weighted by atomic mass is 16.7. The summed E-state index contributed by atoms with van der Waals surface area (Å²) in [5.74, 6) is -0.239. The molecular formula is C16H22O8. The van der Waals surface area contributed by atoms with E-state index in [2.05, 4.69) is 0 Å². The van der Waals surface area contributed by atoms with Crippen molar-refractivity contribution in [2.45, 2.75) is 43.4 Å². The first-order valence-corrected chi connectivity index (χ1v) is 7.80. The van der Waals surface area contributed by atoms with Gasteiger partial charge >= 0.3 is 0 Å². The van der Waals surface area contributed by atoms with E-state index in [4.69, 9.17) is 18.9 Å². The van der Waals surface area contributed by atoms with Gasteiger partial charge in [-0.15, -0.1) is 0 Å². The molecule has 1 aromatic carbocycles. The summed E-state index contributed by atoms with van der Waals surface area (Å²) >= 11 is 0. The van der Waals surface area contributed by atoms with Crippen molar-refractivity contribution in [1.29, 1.82) is 0 Å². The monoisotopic (exact) mass is 342 g/mol. The molecule has 0 amide bonds. The van der Waals surface area contributed by atoms with Crippen molar-refractivity contribution < 1.29 is 39.4 Å². The molecule has 2 fully saturated rings. The SMILES string of the molecule is CC1(c2ccc(OC[C@@H]3O[C@H](O)[C@@H](O)[C@H](O)[C@@H]3O)cc2)OCCO1. The van der Waals surface area contributed by atoms with Crippen molar-refractivity contribution in [2.75, 3.05) is 19.8 Å². The zero-order valence-electron chi connectivity index (χ0n) is 13.2. The summed E-state index contributed by atoms with van der Waals surface area (Å²) in [6.45, 7) is 2.84. The van der Waals surface area contributed by atoms with Crippen molar-refractivity contribution in [3.05, 3.63) is 29.8 Å². The fraction of sp³-hybridized carbons (Fsp3) is 0.625. The average Bonchev–Trinajstić information content (AvgIpc) is 3.03. The van der Waals surface area contributed by atoms with Crippen LogP contribution in [0.2, 0.25) is 0 Å². The van der Waals surface area contributed by atoms with Gasteiger partial charge in [0.05, 0.1) is 13.2 Å². The van der Waals surface area contributed by atoms with Gasteiger partial charge in [0.2, 0.25) is 0 Å². The predicted octanol–water partition coefficient (Wildman–Crippen LogP) is -0.915. The second kappa shape index (κ2) is 6.93. The van der Waals surface area contributed by atoms with Crippen LogP contribution in [0, 0.1) is 0 Å². The largest absolute Gasteiger partial charge is 0.491 e. The third-order valence-electron chi connectivity index (χ3n) is 4.32. The molecule has 2 aliphatic rings.